The highest BCUT2D eigenvalue weighted by molar-refractivity contribution is 5.90. The van der Waals surface area contributed by atoms with Gasteiger partial charge in [0.15, 0.2) is 5.78 Å². The summed E-state index contributed by atoms with van der Waals surface area (Å²) in [5, 5.41) is 2.93. The van der Waals surface area contributed by atoms with E-state index in [0.29, 0.717) is 29.5 Å². The molecule has 300 valence electrons. The third-order valence-electron chi connectivity index (χ3n) is 14.7. The predicted molar refractivity (Wildman–Crippen MR) is 225 cm³/mol. The first-order valence-corrected chi connectivity index (χ1v) is 22.8. The maximum atomic E-state index is 13.1. The Balaban J connectivity index is 0.00000173. The normalized spacial score (nSPS) is 29.6. The van der Waals surface area contributed by atoms with Crippen LogP contribution in [0.2, 0.25) is 0 Å². The zero-order valence-electron chi connectivity index (χ0n) is 35.8. The third-order valence-corrected chi connectivity index (χ3v) is 14.7. The zero-order chi connectivity index (χ0) is 38.0. The fourth-order valence-corrected chi connectivity index (χ4v) is 11.4. The minimum atomic E-state index is 0.352. The number of hydrogen-bond donors (Lipinski definition) is 1. The van der Waals surface area contributed by atoms with Gasteiger partial charge in [-0.15, -0.1) is 0 Å². The number of unbranched alkanes of at least 4 members (excludes halogenated alkanes) is 7. The number of hydrogen-bond acceptors (Lipinski definition) is 4. The summed E-state index contributed by atoms with van der Waals surface area (Å²) in [6.07, 6.45) is 32.6. The average molecular weight is 723 g/mol. The molecule has 4 aliphatic rings. The van der Waals surface area contributed by atoms with Crippen molar-refractivity contribution in [3.05, 3.63) is 23.3 Å². The molecule has 3 saturated carbocycles. The Morgan fingerprint density at radius 1 is 0.885 bits per heavy atom. The first-order chi connectivity index (χ1) is 25.0. The van der Waals surface area contributed by atoms with Gasteiger partial charge in [0.2, 0.25) is 0 Å². The van der Waals surface area contributed by atoms with Crippen LogP contribution in [0.15, 0.2) is 23.3 Å². The van der Waals surface area contributed by atoms with Gasteiger partial charge in [-0.2, -0.15) is 0 Å². The summed E-state index contributed by atoms with van der Waals surface area (Å²) in [5.74, 6) is 5.65. The van der Waals surface area contributed by atoms with Gasteiger partial charge in [0.05, 0.1) is 0 Å². The molecular formula is C48H86N2O2. The average Bonchev–Trinajstić information content (AvgIpc) is 3.49. The molecule has 0 aromatic heterocycles. The molecule has 1 N–H and O–H groups in total. The molecule has 4 rings (SSSR count). The van der Waals surface area contributed by atoms with E-state index in [1.54, 1.807) is 5.57 Å². The molecule has 0 aromatic rings. The number of allylic oxidation sites excluding steroid dienone is 4. The maximum absolute atomic E-state index is 13.1. The molecule has 7 unspecified atom stereocenters. The Morgan fingerprint density at radius 2 is 1.58 bits per heavy atom. The van der Waals surface area contributed by atoms with Crippen LogP contribution in [0.25, 0.3) is 0 Å². The molecule has 3 fully saturated rings. The Morgan fingerprint density at radius 3 is 2.25 bits per heavy atom. The van der Waals surface area contributed by atoms with Crippen molar-refractivity contribution in [2.75, 3.05) is 33.2 Å². The summed E-state index contributed by atoms with van der Waals surface area (Å²) in [4.78, 5) is 26.3. The molecule has 0 bridgehead atoms. The van der Waals surface area contributed by atoms with Crippen LogP contribution in [0, 0.1) is 46.3 Å². The molecule has 4 aliphatic carbocycles. The van der Waals surface area contributed by atoms with Crippen molar-refractivity contribution < 1.29 is 9.59 Å². The lowest BCUT2D eigenvalue weighted by atomic mass is 9.47. The first-order valence-electron chi connectivity index (χ1n) is 22.8. The fourth-order valence-electron chi connectivity index (χ4n) is 11.4. The van der Waals surface area contributed by atoms with Gasteiger partial charge < -0.3 is 15.0 Å². The number of ketones is 1. The third kappa shape index (κ3) is 13.2. The van der Waals surface area contributed by atoms with E-state index in [1.165, 1.54) is 115 Å². The van der Waals surface area contributed by atoms with Gasteiger partial charge in [-0.25, -0.2) is 0 Å². The SMILES string of the molecule is CCCCN(CCCCCCC=O)CCCCCC(=O)C=C1CCC2(C)C(=CCC3C2CCC2(C)C(C(C)CCCC(C)C)CCC32)C1.CCNC. The lowest BCUT2D eigenvalue weighted by Crippen LogP contribution is -2.50. The summed E-state index contributed by atoms with van der Waals surface area (Å²) in [6.45, 7) is 21.6. The minimum Gasteiger partial charge on any atom is -0.320 e. The molecule has 0 spiro atoms. The van der Waals surface area contributed by atoms with Gasteiger partial charge in [0.25, 0.3) is 0 Å². The van der Waals surface area contributed by atoms with Crippen molar-refractivity contribution in [3.8, 4) is 0 Å². The van der Waals surface area contributed by atoms with Crippen LogP contribution in [-0.4, -0.2) is 50.2 Å². The topological polar surface area (TPSA) is 49.4 Å². The van der Waals surface area contributed by atoms with Crippen LogP contribution in [0.5, 0.6) is 0 Å². The molecule has 0 aliphatic heterocycles. The molecule has 4 nitrogen and oxygen atoms in total. The second-order valence-electron chi connectivity index (χ2n) is 18.8. The summed E-state index contributed by atoms with van der Waals surface area (Å²) in [5.41, 5.74) is 4.01. The predicted octanol–water partition coefficient (Wildman–Crippen LogP) is 12.6. The van der Waals surface area contributed by atoms with Crippen LogP contribution in [0.1, 0.15) is 190 Å². The van der Waals surface area contributed by atoms with E-state index in [-0.39, 0.29) is 0 Å². The van der Waals surface area contributed by atoms with Crippen molar-refractivity contribution >= 4 is 12.1 Å². The van der Waals surface area contributed by atoms with E-state index in [4.69, 9.17) is 0 Å². The van der Waals surface area contributed by atoms with Crippen molar-refractivity contribution in [1.29, 1.82) is 0 Å². The Kier molecular flexibility index (Phi) is 20.5. The minimum absolute atomic E-state index is 0.352. The summed E-state index contributed by atoms with van der Waals surface area (Å²) < 4.78 is 0. The summed E-state index contributed by atoms with van der Waals surface area (Å²) in [7, 11) is 1.93. The number of aldehydes is 1. The van der Waals surface area contributed by atoms with Crippen molar-refractivity contribution in [2.24, 2.45) is 46.3 Å². The second-order valence-corrected chi connectivity index (χ2v) is 18.8. The zero-order valence-corrected chi connectivity index (χ0v) is 35.8. The maximum Gasteiger partial charge on any atom is 0.155 e. The smallest absolute Gasteiger partial charge is 0.155 e. The monoisotopic (exact) mass is 723 g/mol. The number of nitrogens with one attached hydrogen (secondary N) is 1. The molecule has 0 radical (unpaired) electrons. The molecule has 0 saturated heterocycles. The Hall–Kier alpha value is -1.26. The van der Waals surface area contributed by atoms with Gasteiger partial charge >= 0.3 is 0 Å². The number of fused-ring (bicyclic) bond motifs is 5. The molecule has 7 atom stereocenters. The first kappa shape index (κ1) is 45.1. The molecule has 0 heterocycles. The van der Waals surface area contributed by atoms with Crippen molar-refractivity contribution in [2.45, 2.75) is 190 Å². The van der Waals surface area contributed by atoms with E-state index in [0.717, 1.165) is 87.0 Å². The second kappa shape index (κ2) is 23.6. The lowest BCUT2D eigenvalue weighted by Gasteiger charge is -2.58. The highest BCUT2D eigenvalue weighted by Gasteiger charge is 2.58. The van der Waals surface area contributed by atoms with Crippen LogP contribution in [0.3, 0.4) is 0 Å². The van der Waals surface area contributed by atoms with Crippen LogP contribution >= 0.6 is 0 Å². The van der Waals surface area contributed by atoms with E-state index >= 15 is 0 Å². The van der Waals surface area contributed by atoms with Crippen LogP contribution in [-0.2, 0) is 9.59 Å². The van der Waals surface area contributed by atoms with E-state index < -0.39 is 0 Å². The van der Waals surface area contributed by atoms with E-state index in [1.807, 2.05) is 7.05 Å². The number of nitrogens with zero attached hydrogens (tertiary/aromatic N) is 1. The molecule has 4 heteroatoms. The van der Waals surface area contributed by atoms with Gasteiger partial charge in [-0.05, 0) is 169 Å². The highest BCUT2D eigenvalue weighted by Crippen LogP contribution is 2.67. The van der Waals surface area contributed by atoms with Gasteiger partial charge in [0, 0.05) is 12.8 Å². The summed E-state index contributed by atoms with van der Waals surface area (Å²) >= 11 is 0. The van der Waals surface area contributed by atoms with Crippen LogP contribution < -0.4 is 5.32 Å². The molecule has 52 heavy (non-hydrogen) atoms. The Bertz CT molecular complexity index is 1090. The summed E-state index contributed by atoms with van der Waals surface area (Å²) in [6, 6.07) is 0. The number of carbonyl (C=O) groups excluding carboxylic acids is 2. The quantitative estimate of drug-likeness (QED) is 0.0494. The fraction of sp³-hybridized carbons (Fsp3) is 0.875. The standard InChI is InChI=1S/C45H77NO2.C3H9N/c1-7-8-29-46(30-14-10-9-11-16-32-47)31-15-12-13-20-39(48)34-37-25-27-44(5)38(33-37)21-22-40-42-24-23-41(36(4)19-17-18-35(2)3)45(42,6)28-26-43(40)44;1-3-4-2/h21,32,34-36,40-43H,7-20,22-31,33H2,1-6H3;4H,3H2,1-2H3. The van der Waals surface area contributed by atoms with Crippen molar-refractivity contribution in [3.63, 3.8) is 0 Å². The lowest BCUT2D eigenvalue weighted by molar-refractivity contribution is -0.114. The van der Waals surface area contributed by atoms with Crippen LogP contribution in [0.4, 0.5) is 0 Å². The number of rotatable bonds is 23. The van der Waals surface area contributed by atoms with E-state index in [9.17, 15) is 9.59 Å². The largest absolute Gasteiger partial charge is 0.320 e. The number of carbonyl (C=O) groups is 2. The highest BCUT2D eigenvalue weighted by atomic mass is 16.1. The molecule has 0 aromatic carbocycles. The van der Waals surface area contributed by atoms with E-state index in [2.05, 4.69) is 70.8 Å². The Labute approximate surface area is 323 Å². The van der Waals surface area contributed by atoms with Gasteiger partial charge in [-0.1, -0.05) is 111 Å². The van der Waals surface area contributed by atoms with Gasteiger partial charge in [0.1, 0.15) is 6.29 Å². The molecule has 0 amide bonds. The van der Waals surface area contributed by atoms with Gasteiger partial charge in [-0.3, -0.25) is 4.79 Å². The molecular weight excluding hydrogens is 637 g/mol. The van der Waals surface area contributed by atoms with Crippen molar-refractivity contribution in [1.82, 2.24) is 10.2 Å².